The largest absolute Gasteiger partial charge is 0.323 e. The van der Waals surface area contributed by atoms with Crippen LogP contribution in [0.1, 0.15) is 42.5 Å². The van der Waals surface area contributed by atoms with Crippen LogP contribution in [0.4, 0.5) is 5.69 Å². The lowest BCUT2D eigenvalue weighted by Crippen LogP contribution is -2.47. The van der Waals surface area contributed by atoms with Crippen molar-refractivity contribution in [2.45, 2.75) is 44.2 Å². The van der Waals surface area contributed by atoms with Crippen LogP contribution >= 0.6 is 11.6 Å². The zero-order valence-electron chi connectivity index (χ0n) is 15.0. The van der Waals surface area contributed by atoms with Gasteiger partial charge in [0.2, 0.25) is 5.91 Å². The fraction of sp³-hybridized carbons (Fsp3) is 0.381. The molecule has 2 heterocycles. The average Bonchev–Trinajstić information content (AvgIpc) is 3.09. The summed E-state index contributed by atoms with van der Waals surface area (Å²) in [7, 11) is 0. The predicted octanol–water partition coefficient (Wildman–Crippen LogP) is 4.15. The molecule has 2 aromatic rings. The van der Waals surface area contributed by atoms with Gasteiger partial charge in [0.05, 0.1) is 11.9 Å². The summed E-state index contributed by atoms with van der Waals surface area (Å²) in [6.07, 6.45) is 6.58. The van der Waals surface area contributed by atoms with E-state index in [1.807, 2.05) is 35.2 Å². The SMILES string of the molecule is O=C(Nc1ccc(Cl)nc1)C1CC2CCCCC2N1C(=O)c1ccccc1. The highest BCUT2D eigenvalue weighted by atomic mass is 35.5. The van der Waals surface area contributed by atoms with Crippen LogP contribution in [0, 0.1) is 5.92 Å². The summed E-state index contributed by atoms with van der Waals surface area (Å²) < 4.78 is 0. The molecule has 2 aliphatic rings. The van der Waals surface area contributed by atoms with E-state index in [0.29, 0.717) is 22.3 Å². The van der Waals surface area contributed by atoms with Crippen molar-refractivity contribution in [1.29, 1.82) is 0 Å². The van der Waals surface area contributed by atoms with Crippen LogP contribution in [0.15, 0.2) is 48.7 Å². The zero-order chi connectivity index (χ0) is 18.8. The van der Waals surface area contributed by atoms with Crippen LogP contribution in [-0.2, 0) is 4.79 Å². The molecule has 0 radical (unpaired) electrons. The molecule has 1 aliphatic heterocycles. The number of hydrogen-bond acceptors (Lipinski definition) is 3. The first-order chi connectivity index (χ1) is 13.1. The number of aromatic nitrogens is 1. The van der Waals surface area contributed by atoms with Crippen LogP contribution in [0.2, 0.25) is 5.15 Å². The second kappa shape index (κ2) is 7.69. The third kappa shape index (κ3) is 3.69. The summed E-state index contributed by atoms with van der Waals surface area (Å²) in [6, 6.07) is 12.3. The van der Waals surface area contributed by atoms with Crippen molar-refractivity contribution in [3.8, 4) is 0 Å². The number of carbonyl (C=O) groups is 2. The zero-order valence-corrected chi connectivity index (χ0v) is 15.7. The summed E-state index contributed by atoms with van der Waals surface area (Å²) in [5.41, 5.74) is 1.22. The van der Waals surface area contributed by atoms with Crippen molar-refractivity contribution >= 4 is 29.1 Å². The molecule has 5 nitrogen and oxygen atoms in total. The molecule has 1 N–H and O–H groups in total. The molecular weight excluding hydrogens is 362 g/mol. The number of anilines is 1. The molecule has 2 fully saturated rings. The number of rotatable bonds is 3. The third-order valence-corrected chi connectivity index (χ3v) is 5.86. The maximum atomic E-state index is 13.2. The Morgan fingerprint density at radius 3 is 2.59 bits per heavy atom. The molecule has 0 spiro atoms. The molecule has 140 valence electrons. The second-order valence-corrected chi connectivity index (χ2v) is 7.69. The standard InChI is InChI=1S/C21H22ClN3O2/c22-19-11-10-16(13-23-19)24-20(26)18-12-15-8-4-5-9-17(15)25(18)21(27)14-6-2-1-3-7-14/h1-3,6-7,10-11,13,15,17-18H,4-5,8-9,12H2,(H,24,26). The molecular formula is C21H22ClN3O2. The van der Waals surface area contributed by atoms with Gasteiger partial charge in [0.25, 0.3) is 5.91 Å². The molecule has 1 aromatic heterocycles. The van der Waals surface area contributed by atoms with Crippen molar-refractivity contribution in [3.05, 3.63) is 59.4 Å². The van der Waals surface area contributed by atoms with Gasteiger partial charge < -0.3 is 10.2 Å². The first-order valence-electron chi connectivity index (χ1n) is 9.43. The Morgan fingerprint density at radius 2 is 1.85 bits per heavy atom. The van der Waals surface area contributed by atoms with Gasteiger partial charge in [-0.25, -0.2) is 4.98 Å². The van der Waals surface area contributed by atoms with Crippen molar-refractivity contribution in [2.75, 3.05) is 5.32 Å². The number of halogens is 1. The molecule has 0 bridgehead atoms. The Hall–Kier alpha value is -2.40. The minimum Gasteiger partial charge on any atom is -0.323 e. The van der Waals surface area contributed by atoms with Crippen LogP contribution in [0.3, 0.4) is 0 Å². The smallest absolute Gasteiger partial charge is 0.254 e. The number of carbonyl (C=O) groups excluding carboxylic acids is 2. The summed E-state index contributed by atoms with van der Waals surface area (Å²) in [5, 5.41) is 3.28. The number of nitrogens with zero attached hydrogens (tertiary/aromatic N) is 2. The highest BCUT2D eigenvalue weighted by molar-refractivity contribution is 6.29. The second-order valence-electron chi connectivity index (χ2n) is 7.30. The Labute approximate surface area is 163 Å². The quantitative estimate of drug-likeness (QED) is 0.810. The Bertz CT molecular complexity index is 825. The van der Waals surface area contributed by atoms with Gasteiger partial charge in [0.15, 0.2) is 0 Å². The lowest BCUT2D eigenvalue weighted by atomic mass is 9.84. The Morgan fingerprint density at radius 1 is 1.07 bits per heavy atom. The van der Waals surface area contributed by atoms with E-state index in [1.165, 1.54) is 12.6 Å². The van der Waals surface area contributed by atoms with E-state index in [-0.39, 0.29) is 17.9 Å². The number of benzene rings is 1. The van der Waals surface area contributed by atoms with E-state index in [9.17, 15) is 9.59 Å². The molecule has 27 heavy (non-hydrogen) atoms. The fourth-order valence-electron chi connectivity index (χ4n) is 4.39. The molecule has 1 saturated carbocycles. The maximum absolute atomic E-state index is 13.2. The Kier molecular flexibility index (Phi) is 5.12. The van der Waals surface area contributed by atoms with Crippen LogP contribution in [0.5, 0.6) is 0 Å². The van der Waals surface area contributed by atoms with Crippen molar-refractivity contribution in [3.63, 3.8) is 0 Å². The summed E-state index contributed by atoms with van der Waals surface area (Å²) in [6.45, 7) is 0. The number of nitrogens with one attached hydrogen (secondary N) is 1. The van der Waals surface area contributed by atoms with Gasteiger partial charge in [-0.05, 0) is 49.4 Å². The minimum absolute atomic E-state index is 0.0561. The van der Waals surface area contributed by atoms with Gasteiger partial charge in [-0.15, -0.1) is 0 Å². The van der Waals surface area contributed by atoms with Crippen molar-refractivity contribution in [1.82, 2.24) is 9.88 Å². The molecule has 1 aliphatic carbocycles. The van der Waals surface area contributed by atoms with Crippen LogP contribution in [-0.4, -0.2) is 33.8 Å². The van der Waals surface area contributed by atoms with E-state index in [1.54, 1.807) is 12.1 Å². The highest BCUT2D eigenvalue weighted by Crippen LogP contribution is 2.40. The van der Waals surface area contributed by atoms with E-state index in [0.717, 1.165) is 25.7 Å². The van der Waals surface area contributed by atoms with Gasteiger partial charge in [0.1, 0.15) is 11.2 Å². The van der Waals surface area contributed by atoms with Crippen molar-refractivity contribution < 1.29 is 9.59 Å². The predicted molar refractivity (Wildman–Crippen MR) is 105 cm³/mol. The number of pyridine rings is 1. The molecule has 1 saturated heterocycles. The number of hydrogen-bond donors (Lipinski definition) is 1. The highest BCUT2D eigenvalue weighted by Gasteiger charge is 2.47. The van der Waals surface area contributed by atoms with E-state index < -0.39 is 6.04 Å². The lowest BCUT2D eigenvalue weighted by molar-refractivity contribution is -0.120. The monoisotopic (exact) mass is 383 g/mol. The summed E-state index contributed by atoms with van der Waals surface area (Å²) in [4.78, 5) is 32.1. The molecule has 6 heteroatoms. The van der Waals surface area contributed by atoms with E-state index >= 15 is 0 Å². The summed E-state index contributed by atoms with van der Waals surface area (Å²) >= 11 is 5.81. The summed E-state index contributed by atoms with van der Waals surface area (Å²) in [5.74, 6) is 0.183. The molecule has 3 atom stereocenters. The Balaban J connectivity index is 1.59. The van der Waals surface area contributed by atoms with Gasteiger partial charge in [-0.1, -0.05) is 42.6 Å². The molecule has 2 amide bonds. The minimum atomic E-state index is -0.457. The van der Waals surface area contributed by atoms with Gasteiger partial charge >= 0.3 is 0 Å². The maximum Gasteiger partial charge on any atom is 0.254 e. The average molecular weight is 384 g/mol. The first-order valence-corrected chi connectivity index (χ1v) is 9.81. The normalized spacial score (nSPS) is 24.3. The van der Waals surface area contributed by atoms with E-state index in [2.05, 4.69) is 10.3 Å². The van der Waals surface area contributed by atoms with Crippen molar-refractivity contribution in [2.24, 2.45) is 5.92 Å². The van der Waals surface area contributed by atoms with Gasteiger partial charge in [-0.3, -0.25) is 9.59 Å². The fourth-order valence-corrected chi connectivity index (χ4v) is 4.50. The molecule has 1 aromatic carbocycles. The lowest BCUT2D eigenvalue weighted by Gasteiger charge is -2.33. The van der Waals surface area contributed by atoms with Crippen LogP contribution in [0.25, 0.3) is 0 Å². The topological polar surface area (TPSA) is 62.3 Å². The van der Waals surface area contributed by atoms with Crippen LogP contribution < -0.4 is 5.32 Å². The van der Waals surface area contributed by atoms with Gasteiger partial charge in [-0.2, -0.15) is 0 Å². The first kappa shape index (κ1) is 18.0. The number of amides is 2. The van der Waals surface area contributed by atoms with Gasteiger partial charge in [0, 0.05) is 11.6 Å². The number of fused-ring (bicyclic) bond motifs is 1. The third-order valence-electron chi connectivity index (χ3n) is 5.64. The van der Waals surface area contributed by atoms with E-state index in [4.69, 9.17) is 11.6 Å². The number of likely N-dealkylation sites (tertiary alicyclic amines) is 1. The molecule has 4 rings (SSSR count). The molecule has 3 unspecified atom stereocenters.